The maximum atomic E-state index is 11.3. The lowest BCUT2D eigenvalue weighted by Crippen LogP contribution is -2.25. The van der Waals surface area contributed by atoms with Gasteiger partial charge in [0.25, 0.3) is 0 Å². The lowest BCUT2D eigenvalue weighted by molar-refractivity contribution is 0.0885. The molecule has 2 aromatic rings. The van der Waals surface area contributed by atoms with Gasteiger partial charge in [-0.25, -0.2) is 4.79 Å². The van der Waals surface area contributed by atoms with Gasteiger partial charge in [-0.1, -0.05) is 49.0 Å². The van der Waals surface area contributed by atoms with E-state index in [0.717, 1.165) is 11.1 Å². The van der Waals surface area contributed by atoms with Gasteiger partial charge in [-0.15, -0.1) is 0 Å². The van der Waals surface area contributed by atoms with Crippen LogP contribution >= 0.6 is 0 Å². The minimum atomic E-state index is -0.941. The topological polar surface area (TPSA) is 44.8 Å². The van der Waals surface area contributed by atoms with Gasteiger partial charge in [0.15, 0.2) is 5.60 Å². The highest BCUT2D eigenvalue weighted by molar-refractivity contribution is 5.64. The molecule has 1 atom stereocenters. The van der Waals surface area contributed by atoms with E-state index in [9.17, 15) is 4.79 Å². The van der Waals surface area contributed by atoms with Crippen LogP contribution in [-0.2, 0) is 21.7 Å². The van der Waals surface area contributed by atoms with E-state index in [0.29, 0.717) is 12.4 Å². The van der Waals surface area contributed by atoms with Crippen LogP contribution in [0, 0.1) is 0 Å². The van der Waals surface area contributed by atoms with E-state index < -0.39 is 11.8 Å². The predicted octanol–water partition coefficient (Wildman–Crippen LogP) is 3.81. The Bertz CT molecular complexity index is 680. The van der Waals surface area contributed by atoms with Gasteiger partial charge in [-0.05, 0) is 23.8 Å². The molecule has 0 amide bonds. The second-order valence-electron chi connectivity index (χ2n) is 5.04. The summed E-state index contributed by atoms with van der Waals surface area (Å²) in [4.78, 5) is 11.3. The lowest BCUT2D eigenvalue weighted by atomic mass is 9.95. The second-order valence-corrected chi connectivity index (χ2v) is 5.04. The van der Waals surface area contributed by atoms with Crippen LogP contribution in [0.3, 0.4) is 0 Å². The normalized spacial score (nSPS) is 20.1. The number of hydrogen-bond acceptors (Lipinski definition) is 4. The highest BCUT2D eigenvalue weighted by atomic mass is 16.8. The third-order valence-corrected chi connectivity index (χ3v) is 3.57. The minimum Gasteiger partial charge on any atom is -0.489 e. The van der Waals surface area contributed by atoms with Gasteiger partial charge in [-0.3, -0.25) is 0 Å². The van der Waals surface area contributed by atoms with Crippen molar-refractivity contribution in [2.75, 3.05) is 6.61 Å². The monoisotopic (exact) mass is 296 g/mol. The zero-order chi connectivity index (χ0) is 15.4. The van der Waals surface area contributed by atoms with Crippen molar-refractivity contribution in [2.24, 2.45) is 0 Å². The van der Waals surface area contributed by atoms with Crippen molar-refractivity contribution in [1.82, 2.24) is 0 Å². The van der Waals surface area contributed by atoms with Crippen LogP contribution in [0.4, 0.5) is 4.79 Å². The number of cyclic esters (lactones) is 2. The molecule has 1 heterocycles. The van der Waals surface area contributed by atoms with E-state index in [1.807, 2.05) is 54.6 Å². The summed E-state index contributed by atoms with van der Waals surface area (Å²) in [5.74, 6) is 0.700. The quantitative estimate of drug-likeness (QED) is 0.621. The Labute approximate surface area is 128 Å². The molecule has 0 N–H and O–H groups in total. The molecule has 22 heavy (non-hydrogen) atoms. The van der Waals surface area contributed by atoms with Crippen LogP contribution in [0.1, 0.15) is 11.1 Å². The average Bonchev–Trinajstić information content (AvgIpc) is 2.97. The second kappa shape index (κ2) is 5.93. The molecule has 1 aliphatic rings. The van der Waals surface area contributed by atoms with Crippen molar-refractivity contribution in [3.05, 3.63) is 78.4 Å². The first-order valence-corrected chi connectivity index (χ1v) is 6.98. The van der Waals surface area contributed by atoms with E-state index in [2.05, 4.69) is 6.58 Å². The molecule has 0 aliphatic carbocycles. The van der Waals surface area contributed by atoms with Crippen molar-refractivity contribution in [3.63, 3.8) is 0 Å². The highest BCUT2D eigenvalue weighted by Gasteiger charge is 2.41. The van der Waals surface area contributed by atoms with Crippen molar-refractivity contribution >= 4 is 6.16 Å². The summed E-state index contributed by atoms with van der Waals surface area (Å²) in [6.45, 7) is 4.35. The molecule has 0 bridgehead atoms. The minimum absolute atomic E-state index is 0.122. The fourth-order valence-corrected chi connectivity index (χ4v) is 2.32. The van der Waals surface area contributed by atoms with E-state index >= 15 is 0 Å². The maximum Gasteiger partial charge on any atom is 0.509 e. The molecular weight excluding hydrogens is 280 g/mol. The first kappa shape index (κ1) is 14.2. The number of ether oxygens (including phenoxy) is 3. The van der Waals surface area contributed by atoms with Crippen molar-refractivity contribution in [2.45, 2.75) is 12.2 Å². The number of benzene rings is 2. The molecule has 1 fully saturated rings. The Morgan fingerprint density at radius 3 is 2.68 bits per heavy atom. The van der Waals surface area contributed by atoms with E-state index in [4.69, 9.17) is 14.2 Å². The summed E-state index contributed by atoms with van der Waals surface area (Å²) in [5, 5.41) is 0. The Kier molecular flexibility index (Phi) is 3.83. The van der Waals surface area contributed by atoms with Gasteiger partial charge in [0, 0.05) is 5.56 Å². The van der Waals surface area contributed by atoms with Crippen LogP contribution in [0.2, 0.25) is 0 Å². The molecule has 4 heteroatoms. The number of rotatable bonds is 5. The summed E-state index contributed by atoms with van der Waals surface area (Å²) in [6.07, 6.45) is 0.893. The van der Waals surface area contributed by atoms with Gasteiger partial charge >= 0.3 is 6.16 Å². The van der Waals surface area contributed by atoms with Crippen LogP contribution in [0.5, 0.6) is 5.75 Å². The Morgan fingerprint density at radius 1 is 1.18 bits per heavy atom. The van der Waals surface area contributed by atoms with Gasteiger partial charge < -0.3 is 14.2 Å². The first-order valence-electron chi connectivity index (χ1n) is 6.98. The molecule has 0 spiro atoms. The molecule has 3 rings (SSSR count). The summed E-state index contributed by atoms with van der Waals surface area (Å²) >= 11 is 0. The maximum absolute atomic E-state index is 11.3. The zero-order valence-electron chi connectivity index (χ0n) is 12.0. The molecule has 0 radical (unpaired) electrons. The summed E-state index contributed by atoms with van der Waals surface area (Å²) < 4.78 is 16.0. The van der Waals surface area contributed by atoms with Crippen molar-refractivity contribution in [1.29, 1.82) is 0 Å². The summed E-state index contributed by atoms with van der Waals surface area (Å²) in [7, 11) is 0. The molecule has 112 valence electrons. The fourth-order valence-electron chi connectivity index (χ4n) is 2.32. The molecule has 1 aliphatic heterocycles. The molecule has 0 aromatic heterocycles. The molecule has 2 aromatic carbocycles. The largest absolute Gasteiger partial charge is 0.509 e. The van der Waals surface area contributed by atoms with E-state index in [1.165, 1.54) is 0 Å². The Hall–Kier alpha value is -2.75. The zero-order valence-corrected chi connectivity index (χ0v) is 12.0. The summed E-state index contributed by atoms with van der Waals surface area (Å²) in [5.41, 5.74) is 0.921. The van der Waals surface area contributed by atoms with Crippen LogP contribution in [0.15, 0.2) is 67.3 Å². The Balaban J connectivity index is 1.78. The molecule has 1 unspecified atom stereocenters. The van der Waals surface area contributed by atoms with Crippen LogP contribution in [0.25, 0.3) is 0 Å². The van der Waals surface area contributed by atoms with Gasteiger partial charge in [0.2, 0.25) is 0 Å². The van der Waals surface area contributed by atoms with Gasteiger partial charge in [-0.2, -0.15) is 0 Å². The van der Waals surface area contributed by atoms with Crippen molar-refractivity contribution < 1.29 is 19.0 Å². The third kappa shape index (κ3) is 2.81. The van der Waals surface area contributed by atoms with E-state index in [1.54, 1.807) is 6.08 Å². The molecule has 4 nitrogen and oxygen atoms in total. The molecule has 0 saturated carbocycles. The Morgan fingerprint density at radius 2 is 2.00 bits per heavy atom. The number of carbonyl (C=O) groups excluding carboxylic acids is 1. The van der Waals surface area contributed by atoms with Crippen LogP contribution in [-0.4, -0.2) is 12.8 Å². The SMILES string of the molecule is C=CC1(c2cccc(OCc3ccccc3)c2)COC(=O)O1. The molecule has 1 saturated heterocycles. The van der Waals surface area contributed by atoms with E-state index in [-0.39, 0.29) is 6.61 Å². The predicted molar refractivity (Wildman–Crippen MR) is 81.5 cm³/mol. The standard InChI is InChI=1S/C18H16O4/c1-2-18(13-21-17(19)22-18)15-9-6-10-16(11-15)20-12-14-7-4-3-5-8-14/h2-11H,1,12-13H2. The number of hydrogen-bond donors (Lipinski definition) is 0. The van der Waals surface area contributed by atoms with Gasteiger partial charge in [0.05, 0.1) is 0 Å². The average molecular weight is 296 g/mol. The number of carbonyl (C=O) groups is 1. The summed E-state index contributed by atoms with van der Waals surface area (Å²) in [6, 6.07) is 17.3. The lowest BCUT2D eigenvalue weighted by Gasteiger charge is -2.21. The first-order chi connectivity index (χ1) is 10.7. The third-order valence-electron chi connectivity index (χ3n) is 3.57. The highest BCUT2D eigenvalue weighted by Crippen LogP contribution is 2.34. The fraction of sp³-hybridized carbons (Fsp3) is 0.167. The van der Waals surface area contributed by atoms with Crippen molar-refractivity contribution in [3.8, 4) is 5.75 Å². The molecular formula is C18H16O4. The van der Waals surface area contributed by atoms with Crippen LogP contribution < -0.4 is 4.74 Å². The smallest absolute Gasteiger partial charge is 0.489 e. The van der Waals surface area contributed by atoms with Gasteiger partial charge in [0.1, 0.15) is 19.0 Å².